The lowest BCUT2D eigenvalue weighted by Gasteiger charge is -2.22. The summed E-state index contributed by atoms with van der Waals surface area (Å²) in [7, 11) is 0. The molecule has 0 amide bonds. The van der Waals surface area contributed by atoms with E-state index in [1.165, 1.54) is 17.9 Å². The molecular weight excluding hydrogens is 214 g/mol. The zero-order valence-corrected chi connectivity index (χ0v) is 10.7. The van der Waals surface area contributed by atoms with Gasteiger partial charge in [0.15, 0.2) is 0 Å². The number of rotatable bonds is 6. The van der Waals surface area contributed by atoms with Crippen molar-refractivity contribution in [3.05, 3.63) is 0 Å². The van der Waals surface area contributed by atoms with Crippen molar-refractivity contribution < 1.29 is 5.11 Å². The van der Waals surface area contributed by atoms with Crippen molar-refractivity contribution in [1.82, 2.24) is 5.32 Å². The fraction of sp³-hybridized carbons (Fsp3) is 1.00. The molecule has 4 heteroatoms. The van der Waals surface area contributed by atoms with E-state index in [9.17, 15) is 0 Å². The van der Waals surface area contributed by atoms with Gasteiger partial charge in [0.1, 0.15) is 0 Å². The SMILES string of the molecule is CSC(CO)C(C)NCC1CCSC1. The summed E-state index contributed by atoms with van der Waals surface area (Å²) in [5.74, 6) is 3.48. The van der Waals surface area contributed by atoms with Crippen molar-refractivity contribution in [3.63, 3.8) is 0 Å². The number of hydrogen-bond donors (Lipinski definition) is 2. The highest BCUT2D eigenvalue weighted by Crippen LogP contribution is 2.23. The number of hydrogen-bond acceptors (Lipinski definition) is 4. The van der Waals surface area contributed by atoms with Crippen molar-refractivity contribution in [1.29, 1.82) is 0 Å². The Hall–Kier alpha value is 0.620. The maximum absolute atomic E-state index is 9.12. The third-order valence-electron chi connectivity index (χ3n) is 2.79. The lowest BCUT2D eigenvalue weighted by molar-refractivity contribution is 0.274. The molecule has 14 heavy (non-hydrogen) atoms. The number of aliphatic hydroxyl groups excluding tert-OH is 1. The molecule has 3 unspecified atom stereocenters. The van der Waals surface area contributed by atoms with Crippen LogP contribution in [0, 0.1) is 5.92 Å². The molecule has 0 spiro atoms. The Balaban J connectivity index is 2.15. The molecule has 1 aliphatic heterocycles. The third kappa shape index (κ3) is 4.01. The molecule has 0 aromatic carbocycles. The van der Waals surface area contributed by atoms with Crippen LogP contribution in [0.4, 0.5) is 0 Å². The predicted molar refractivity (Wildman–Crippen MR) is 67.3 cm³/mol. The van der Waals surface area contributed by atoms with Gasteiger partial charge in [-0.15, -0.1) is 0 Å². The van der Waals surface area contributed by atoms with Crippen LogP contribution in [0.1, 0.15) is 13.3 Å². The van der Waals surface area contributed by atoms with E-state index in [1.54, 1.807) is 11.8 Å². The van der Waals surface area contributed by atoms with Gasteiger partial charge < -0.3 is 10.4 Å². The maximum atomic E-state index is 9.12. The molecule has 2 N–H and O–H groups in total. The summed E-state index contributed by atoms with van der Waals surface area (Å²) in [4.78, 5) is 0. The van der Waals surface area contributed by atoms with Gasteiger partial charge >= 0.3 is 0 Å². The molecule has 0 bridgehead atoms. The molecule has 0 aromatic heterocycles. The van der Waals surface area contributed by atoms with Gasteiger partial charge in [0, 0.05) is 11.3 Å². The van der Waals surface area contributed by atoms with E-state index in [2.05, 4.69) is 30.3 Å². The normalized spacial score (nSPS) is 26.4. The summed E-state index contributed by atoms with van der Waals surface area (Å²) in [6, 6.07) is 0.417. The first kappa shape index (κ1) is 12.7. The summed E-state index contributed by atoms with van der Waals surface area (Å²) < 4.78 is 0. The molecule has 1 fully saturated rings. The smallest absolute Gasteiger partial charge is 0.0564 e. The molecule has 2 nitrogen and oxygen atoms in total. The van der Waals surface area contributed by atoms with Gasteiger partial charge in [0.2, 0.25) is 0 Å². The van der Waals surface area contributed by atoms with Crippen LogP contribution >= 0.6 is 23.5 Å². The fourth-order valence-electron chi connectivity index (χ4n) is 1.67. The van der Waals surface area contributed by atoms with Crippen LogP contribution in [0.2, 0.25) is 0 Å². The predicted octanol–water partition coefficient (Wildman–Crippen LogP) is 1.44. The molecule has 1 heterocycles. The second-order valence-corrected chi connectivity index (χ2v) is 6.11. The zero-order chi connectivity index (χ0) is 10.4. The molecule has 0 radical (unpaired) electrons. The molecular formula is C10H21NOS2. The van der Waals surface area contributed by atoms with Crippen molar-refractivity contribution in [2.75, 3.05) is 30.9 Å². The van der Waals surface area contributed by atoms with Gasteiger partial charge in [-0.25, -0.2) is 0 Å². The minimum absolute atomic E-state index is 0.273. The summed E-state index contributed by atoms with van der Waals surface area (Å²) in [5.41, 5.74) is 0. The summed E-state index contributed by atoms with van der Waals surface area (Å²) in [6.45, 7) is 3.56. The first-order chi connectivity index (χ1) is 6.77. The Kier molecular flexibility index (Phi) is 6.33. The monoisotopic (exact) mass is 235 g/mol. The molecule has 0 saturated carbocycles. The summed E-state index contributed by atoms with van der Waals surface area (Å²) >= 11 is 3.80. The number of thioether (sulfide) groups is 2. The minimum atomic E-state index is 0.273. The summed E-state index contributed by atoms with van der Waals surface area (Å²) in [6.07, 6.45) is 3.41. The average Bonchev–Trinajstić information content (AvgIpc) is 2.69. The van der Waals surface area contributed by atoms with Crippen molar-refractivity contribution in [3.8, 4) is 0 Å². The Bertz CT molecular complexity index is 147. The van der Waals surface area contributed by atoms with E-state index >= 15 is 0 Å². The van der Waals surface area contributed by atoms with E-state index < -0.39 is 0 Å². The highest BCUT2D eigenvalue weighted by molar-refractivity contribution is 7.99. The molecule has 0 aromatic rings. The maximum Gasteiger partial charge on any atom is 0.0564 e. The minimum Gasteiger partial charge on any atom is -0.395 e. The van der Waals surface area contributed by atoms with Crippen LogP contribution in [0.25, 0.3) is 0 Å². The largest absolute Gasteiger partial charge is 0.395 e. The first-order valence-corrected chi connectivity index (χ1v) is 7.67. The van der Waals surface area contributed by atoms with Crippen LogP contribution in [-0.4, -0.2) is 47.3 Å². The van der Waals surface area contributed by atoms with E-state index in [-0.39, 0.29) is 6.61 Å². The Morgan fingerprint density at radius 3 is 2.93 bits per heavy atom. The molecule has 0 aliphatic carbocycles. The zero-order valence-electron chi connectivity index (χ0n) is 9.03. The molecule has 84 valence electrons. The molecule has 1 aliphatic rings. The lowest BCUT2D eigenvalue weighted by atomic mass is 10.1. The van der Waals surface area contributed by atoms with E-state index in [0.717, 1.165) is 12.5 Å². The van der Waals surface area contributed by atoms with Crippen LogP contribution in [0.5, 0.6) is 0 Å². The standard InChI is InChI=1S/C10H21NOS2/c1-8(10(6-12)13-2)11-5-9-3-4-14-7-9/h8-12H,3-7H2,1-2H3. The van der Waals surface area contributed by atoms with Crippen LogP contribution < -0.4 is 5.32 Å². The van der Waals surface area contributed by atoms with Gasteiger partial charge in [-0.05, 0) is 43.6 Å². The van der Waals surface area contributed by atoms with Crippen LogP contribution in [0.15, 0.2) is 0 Å². The van der Waals surface area contributed by atoms with Crippen molar-refractivity contribution in [2.24, 2.45) is 5.92 Å². The Morgan fingerprint density at radius 1 is 1.64 bits per heavy atom. The third-order valence-corrected chi connectivity index (χ3v) is 5.19. The van der Waals surface area contributed by atoms with Gasteiger partial charge in [-0.2, -0.15) is 23.5 Å². The van der Waals surface area contributed by atoms with Crippen LogP contribution in [-0.2, 0) is 0 Å². The van der Waals surface area contributed by atoms with Crippen LogP contribution in [0.3, 0.4) is 0 Å². The fourth-order valence-corrected chi connectivity index (χ4v) is 3.60. The highest BCUT2D eigenvalue weighted by atomic mass is 32.2. The highest BCUT2D eigenvalue weighted by Gasteiger charge is 2.19. The Labute approximate surface area is 95.6 Å². The van der Waals surface area contributed by atoms with Gasteiger partial charge in [-0.3, -0.25) is 0 Å². The average molecular weight is 235 g/mol. The van der Waals surface area contributed by atoms with E-state index in [0.29, 0.717) is 11.3 Å². The lowest BCUT2D eigenvalue weighted by Crippen LogP contribution is -2.40. The quantitative estimate of drug-likeness (QED) is 0.730. The van der Waals surface area contributed by atoms with Crippen molar-refractivity contribution in [2.45, 2.75) is 24.6 Å². The topological polar surface area (TPSA) is 32.3 Å². The van der Waals surface area contributed by atoms with Crippen molar-refractivity contribution >= 4 is 23.5 Å². The van der Waals surface area contributed by atoms with Gasteiger partial charge in [-0.1, -0.05) is 0 Å². The van der Waals surface area contributed by atoms with Gasteiger partial charge in [0.25, 0.3) is 0 Å². The second-order valence-electron chi connectivity index (χ2n) is 3.88. The second kappa shape index (κ2) is 6.99. The summed E-state index contributed by atoms with van der Waals surface area (Å²) in [5, 5.41) is 13.0. The van der Waals surface area contributed by atoms with Gasteiger partial charge in [0.05, 0.1) is 6.61 Å². The number of nitrogens with one attached hydrogen (secondary N) is 1. The number of aliphatic hydroxyl groups is 1. The Morgan fingerprint density at radius 2 is 2.43 bits per heavy atom. The first-order valence-electron chi connectivity index (χ1n) is 5.22. The van der Waals surface area contributed by atoms with E-state index in [1.807, 2.05) is 0 Å². The molecule has 1 saturated heterocycles. The molecule has 3 atom stereocenters. The molecule has 1 rings (SSSR count). The van der Waals surface area contributed by atoms with E-state index in [4.69, 9.17) is 5.11 Å².